The number of esters is 1. The summed E-state index contributed by atoms with van der Waals surface area (Å²) < 4.78 is 4.98. The third kappa shape index (κ3) is 4.24. The van der Waals surface area contributed by atoms with E-state index >= 15 is 0 Å². The van der Waals surface area contributed by atoms with E-state index in [1.807, 2.05) is 10.8 Å². The highest BCUT2D eigenvalue weighted by molar-refractivity contribution is 7.08. The van der Waals surface area contributed by atoms with Crippen LogP contribution in [-0.4, -0.2) is 12.6 Å². The van der Waals surface area contributed by atoms with Gasteiger partial charge in [0.15, 0.2) is 0 Å². The first-order valence-corrected chi connectivity index (χ1v) is 7.84. The Labute approximate surface area is 137 Å². The van der Waals surface area contributed by atoms with Crippen LogP contribution in [0.2, 0.25) is 10.0 Å². The molecule has 0 aliphatic carbocycles. The molecule has 0 amide bonds. The molecule has 0 spiro atoms. The van der Waals surface area contributed by atoms with Crippen LogP contribution < -0.4 is 5.32 Å². The summed E-state index contributed by atoms with van der Waals surface area (Å²) in [4.78, 5) is 11.7. The van der Waals surface area contributed by atoms with Gasteiger partial charge in [0.25, 0.3) is 0 Å². The Morgan fingerprint density at radius 3 is 2.71 bits per heavy atom. The molecule has 0 saturated heterocycles. The number of carbonyl (C=O) groups excluding carboxylic acids is 1. The monoisotopic (exact) mass is 341 g/mol. The summed E-state index contributed by atoms with van der Waals surface area (Å²) in [7, 11) is 0. The second kappa shape index (κ2) is 7.50. The van der Waals surface area contributed by atoms with E-state index in [4.69, 9.17) is 27.9 Å². The molecule has 0 atom stereocenters. The van der Waals surface area contributed by atoms with Crippen LogP contribution in [-0.2, 0) is 16.0 Å². The second-order valence-corrected chi connectivity index (χ2v) is 5.74. The fourth-order valence-electron chi connectivity index (χ4n) is 1.68. The Bertz CT molecular complexity index is 635. The van der Waals surface area contributed by atoms with Crippen LogP contribution in [0.1, 0.15) is 5.56 Å². The van der Waals surface area contributed by atoms with Gasteiger partial charge < -0.3 is 10.1 Å². The van der Waals surface area contributed by atoms with Crippen molar-refractivity contribution in [2.24, 2.45) is 0 Å². The molecular weight excluding hydrogens is 329 g/mol. The Morgan fingerprint density at radius 2 is 2.05 bits per heavy atom. The van der Waals surface area contributed by atoms with Crippen molar-refractivity contribution in [1.82, 2.24) is 0 Å². The quantitative estimate of drug-likeness (QED) is 0.588. The zero-order chi connectivity index (χ0) is 15.2. The van der Waals surface area contributed by atoms with Crippen molar-refractivity contribution >= 4 is 51.9 Å². The molecule has 1 heterocycles. The number of rotatable bonds is 6. The van der Waals surface area contributed by atoms with E-state index in [1.54, 1.807) is 18.2 Å². The molecule has 21 heavy (non-hydrogen) atoms. The average molecular weight is 342 g/mol. The number of para-hydroxylation sites is 1. The van der Waals surface area contributed by atoms with Crippen molar-refractivity contribution in [1.29, 1.82) is 0 Å². The summed E-state index contributed by atoms with van der Waals surface area (Å²) in [6, 6.07) is 5.28. The molecule has 0 fully saturated rings. The van der Waals surface area contributed by atoms with Crippen molar-refractivity contribution < 1.29 is 9.53 Å². The molecule has 1 aromatic carbocycles. The summed E-state index contributed by atoms with van der Waals surface area (Å²) >= 11 is 13.7. The van der Waals surface area contributed by atoms with Crippen LogP contribution in [0, 0.1) is 0 Å². The number of carbonyl (C=O) groups is 1. The zero-order valence-corrected chi connectivity index (χ0v) is 13.4. The Morgan fingerprint density at radius 1 is 1.33 bits per heavy atom. The van der Waals surface area contributed by atoms with Gasteiger partial charge in [-0.1, -0.05) is 41.9 Å². The van der Waals surface area contributed by atoms with Gasteiger partial charge in [-0.3, -0.25) is 4.79 Å². The predicted molar refractivity (Wildman–Crippen MR) is 88.9 cm³/mol. The molecule has 0 radical (unpaired) electrons. The number of benzene rings is 1. The van der Waals surface area contributed by atoms with E-state index in [1.165, 1.54) is 17.4 Å². The van der Waals surface area contributed by atoms with E-state index < -0.39 is 0 Å². The van der Waals surface area contributed by atoms with Gasteiger partial charge in [0, 0.05) is 5.38 Å². The number of hydrogen-bond donors (Lipinski definition) is 1. The lowest BCUT2D eigenvalue weighted by Crippen LogP contribution is -2.08. The minimum Gasteiger partial charge on any atom is -0.461 e. The SMILES string of the molecule is C=CCOC(=O)Cc1cscc1Nc1c(Cl)cccc1Cl. The number of thiophene rings is 1. The fourth-order valence-corrected chi connectivity index (χ4v) is 2.96. The lowest BCUT2D eigenvalue weighted by atomic mass is 10.2. The summed E-state index contributed by atoms with van der Waals surface area (Å²) in [6.07, 6.45) is 1.72. The molecule has 2 rings (SSSR count). The summed E-state index contributed by atoms with van der Waals surface area (Å²) in [6.45, 7) is 3.72. The maximum Gasteiger partial charge on any atom is 0.310 e. The smallest absolute Gasteiger partial charge is 0.310 e. The van der Waals surface area contributed by atoms with E-state index in [-0.39, 0.29) is 19.0 Å². The van der Waals surface area contributed by atoms with Crippen molar-refractivity contribution in [3.05, 3.63) is 57.2 Å². The molecule has 1 aromatic heterocycles. The minimum absolute atomic E-state index is 0.182. The first-order valence-electron chi connectivity index (χ1n) is 6.14. The molecule has 2 aromatic rings. The third-order valence-electron chi connectivity index (χ3n) is 2.66. The minimum atomic E-state index is -0.304. The van der Waals surface area contributed by atoms with Gasteiger partial charge in [-0.2, -0.15) is 0 Å². The van der Waals surface area contributed by atoms with E-state index in [2.05, 4.69) is 11.9 Å². The molecule has 0 saturated carbocycles. The van der Waals surface area contributed by atoms with Gasteiger partial charge in [-0.15, -0.1) is 11.3 Å². The highest BCUT2D eigenvalue weighted by atomic mass is 35.5. The highest BCUT2D eigenvalue weighted by Gasteiger charge is 2.13. The van der Waals surface area contributed by atoms with Gasteiger partial charge in [0.2, 0.25) is 0 Å². The number of halogens is 2. The number of hydrogen-bond acceptors (Lipinski definition) is 4. The van der Waals surface area contributed by atoms with Crippen LogP contribution in [0.15, 0.2) is 41.6 Å². The Balaban J connectivity index is 2.13. The second-order valence-electron chi connectivity index (χ2n) is 4.18. The number of anilines is 2. The maximum atomic E-state index is 11.7. The maximum absolute atomic E-state index is 11.7. The first-order chi connectivity index (χ1) is 10.1. The molecule has 0 bridgehead atoms. The summed E-state index contributed by atoms with van der Waals surface area (Å²) in [5.74, 6) is -0.304. The summed E-state index contributed by atoms with van der Waals surface area (Å²) in [5, 5.41) is 8.00. The Kier molecular flexibility index (Phi) is 5.67. The lowest BCUT2D eigenvalue weighted by molar-refractivity contribution is -0.141. The van der Waals surface area contributed by atoms with Crippen LogP contribution in [0.25, 0.3) is 0 Å². The standard InChI is InChI=1S/C15H13Cl2NO2S/c1-2-6-20-14(19)7-10-8-21-9-13(10)18-15-11(16)4-3-5-12(15)17/h2-5,8-9,18H,1,6-7H2. The van der Waals surface area contributed by atoms with Crippen molar-refractivity contribution in [2.75, 3.05) is 11.9 Å². The lowest BCUT2D eigenvalue weighted by Gasteiger charge is -2.11. The van der Waals surface area contributed by atoms with Crippen molar-refractivity contribution in [2.45, 2.75) is 6.42 Å². The van der Waals surface area contributed by atoms with E-state index in [0.29, 0.717) is 15.7 Å². The largest absolute Gasteiger partial charge is 0.461 e. The van der Waals surface area contributed by atoms with Crippen LogP contribution in [0.3, 0.4) is 0 Å². The molecule has 1 N–H and O–H groups in total. The number of nitrogens with one attached hydrogen (secondary N) is 1. The fraction of sp³-hybridized carbons (Fsp3) is 0.133. The van der Waals surface area contributed by atoms with Gasteiger partial charge in [-0.05, 0) is 23.1 Å². The van der Waals surface area contributed by atoms with Crippen LogP contribution in [0.4, 0.5) is 11.4 Å². The first kappa shape index (κ1) is 15.9. The normalized spacial score (nSPS) is 10.2. The average Bonchev–Trinajstić information content (AvgIpc) is 2.88. The van der Waals surface area contributed by atoms with Crippen LogP contribution >= 0.6 is 34.5 Å². The molecule has 0 aliphatic heterocycles. The molecule has 0 aliphatic rings. The molecule has 0 unspecified atom stereocenters. The van der Waals surface area contributed by atoms with Crippen molar-refractivity contribution in [3.8, 4) is 0 Å². The molecule has 3 nitrogen and oxygen atoms in total. The van der Waals surface area contributed by atoms with Crippen molar-refractivity contribution in [3.63, 3.8) is 0 Å². The topological polar surface area (TPSA) is 38.3 Å². The molecule has 110 valence electrons. The molecular formula is C15H13Cl2NO2S. The van der Waals surface area contributed by atoms with Gasteiger partial charge >= 0.3 is 5.97 Å². The van der Waals surface area contributed by atoms with Gasteiger partial charge in [-0.25, -0.2) is 0 Å². The third-order valence-corrected chi connectivity index (χ3v) is 4.08. The predicted octanol–water partition coefficient (Wildman–Crippen LogP) is 5.07. The molecule has 6 heteroatoms. The number of ether oxygens (including phenoxy) is 1. The van der Waals surface area contributed by atoms with Crippen LogP contribution in [0.5, 0.6) is 0 Å². The van der Waals surface area contributed by atoms with Gasteiger partial charge in [0.05, 0.1) is 27.8 Å². The van der Waals surface area contributed by atoms with E-state index in [9.17, 15) is 4.79 Å². The zero-order valence-electron chi connectivity index (χ0n) is 11.1. The highest BCUT2D eigenvalue weighted by Crippen LogP contribution is 2.34. The van der Waals surface area contributed by atoms with E-state index in [0.717, 1.165) is 11.3 Å². The Hall–Kier alpha value is -1.49. The van der Waals surface area contributed by atoms with Gasteiger partial charge in [0.1, 0.15) is 6.61 Å². The summed E-state index contributed by atoms with van der Waals surface area (Å²) in [5.41, 5.74) is 2.26.